The highest BCUT2D eigenvalue weighted by molar-refractivity contribution is 7.47. The molecule has 0 aliphatic heterocycles. The molecule has 0 fully saturated rings. The van der Waals surface area contributed by atoms with Gasteiger partial charge >= 0.3 is 39.5 Å². The zero-order valence-corrected chi connectivity index (χ0v) is 66.4. The molecule has 0 aromatic carbocycles. The molecule has 17 nitrogen and oxygen atoms in total. The van der Waals surface area contributed by atoms with Crippen LogP contribution in [0.4, 0.5) is 0 Å². The van der Waals surface area contributed by atoms with E-state index in [1.54, 1.807) is 0 Å². The average molecular weight is 1500 g/mol. The van der Waals surface area contributed by atoms with Crippen LogP contribution in [0.1, 0.15) is 297 Å². The van der Waals surface area contributed by atoms with E-state index in [4.69, 9.17) is 37.0 Å². The van der Waals surface area contributed by atoms with Gasteiger partial charge in [-0.05, 0) is 141 Å². The molecule has 3 N–H and O–H groups in total. The van der Waals surface area contributed by atoms with Gasteiger partial charge in [0.1, 0.15) is 19.3 Å². The molecule has 0 amide bonds. The van der Waals surface area contributed by atoms with Crippen molar-refractivity contribution in [3.05, 3.63) is 158 Å². The van der Waals surface area contributed by atoms with Crippen LogP contribution in [0.5, 0.6) is 0 Å². The molecule has 0 bridgehead atoms. The van der Waals surface area contributed by atoms with Crippen molar-refractivity contribution in [1.82, 2.24) is 0 Å². The van der Waals surface area contributed by atoms with Crippen LogP contribution in [-0.2, 0) is 65.4 Å². The van der Waals surface area contributed by atoms with E-state index in [1.807, 2.05) is 12.2 Å². The summed E-state index contributed by atoms with van der Waals surface area (Å²) in [4.78, 5) is 73.0. The van der Waals surface area contributed by atoms with Crippen LogP contribution in [0.15, 0.2) is 158 Å². The standard InChI is InChI=1S/C85H140O17P2/c1-5-9-13-17-21-25-29-33-36-38-39-41-44-47-50-54-58-62-66-70-83(88)96-76-81(102-85(90)72-68-64-60-56-52-48-42-35-31-27-23-19-15-11-7-3)78-100-104(93,94)98-74-79(86)73-97-103(91,92)99-77-80(101-84(89)71-67-63-59-55-51-45-32-28-24-20-16-12-8-4)75-95-82(87)69-65-61-57-53-49-46-43-40-37-34-30-26-22-18-14-10-6-2/h9-11,13-15,21-23,25-27,33-37,39,41-43,46-47,50,53,57,79-81,86H,5-8,12,16-20,24,28-32,38,40,44-45,48-49,51-52,54-56,58-78H2,1-4H3,(H,91,92)(H,93,94)/b13-9-,14-10-,15-11-,25-21-,26-22-,27-23-,36-33-,37-34-,41-39-,42-35-,46-43-,50-47-,57-53-. The first-order valence-corrected chi connectivity index (χ1v) is 42.7. The number of aliphatic hydroxyl groups excluding tert-OH is 1. The lowest BCUT2D eigenvalue weighted by Gasteiger charge is -2.21. The Morgan fingerprint density at radius 1 is 0.279 bits per heavy atom. The van der Waals surface area contributed by atoms with Crippen molar-refractivity contribution in [3.8, 4) is 0 Å². The number of aliphatic hydroxyl groups is 1. The zero-order chi connectivity index (χ0) is 76.0. The second-order valence-electron chi connectivity index (χ2n) is 25.9. The Labute approximate surface area is 629 Å². The number of hydrogen-bond donors (Lipinski definition) is 3. The largest absolute Gasteiger partial charge is 0.472 e. The number of phosphoric ester groups is 2. The predicted octanol–water partition coefficient (Wildman–Crippen LogP) is 23.2. The highest BCUT2D eigenvalue weighted by atomic mass is 31.2. The molecular weight excluding hydrogens is 1350 g/mol. The van der Waals surface area contributed by atoms with Crippen LogP contribution < -0.4 is 0 Å². The molecule has 0 radical (unpaired) electrons. The van der Waals surface area contributed by atoms with E-state index in [-0.39, 0.29) is 25.7 Å². The molecule has 104 heavy (non-hydrogen) atoms. The Hall–Kier alpha value is -5.32. The highest BCUT2D eigenvalue weighted by Crippen LogP contribution is 2.45. The van der Waals surface area contributed by atoms with Gasteiger partial charge in [0, 0.05) is 25.7 Å². The lowest BCUT2D eigenvalue weighted by atomic mass is 10.0. The first kappa shape index (κ1) is 98.7. The van der Waals surface area contributed by atoms with Gasteiger partial charge in [-0.2, -0.15) is 0 Å². The van der Waals surface area contributed by atoms with Gasteiger partial charge in [-0.3, -0.25) is 37.3 Å². The second-order valence-corrected chi connectivity index (χ2v) is 28.8. The number of allylic oxidation sites excluding steroid dienone is 26. The lowest BCUT2D eigenvalue weighted by molar-refractivity contribution is -0.161. The molecule has 0 rings (SSSR count). The maximum absolute atomic E-state index is 13.1. The predicted molar refractivity (Wildman–Crippen MR) is 427 cm³/mol. The minimum atomic E-state index is -5.00. The van der Waals surface area contributed by atoms with Crippen molar-refractivity contribution < 1.29 is 80.2 Å². The number of esters is 4. The van der Waals surface area contributed by atoms with Crippen LogP contribution >= 0.6 is 15.6 Å². The van der Waals surface area contributed by atoms with E-state index >= 15 is 0 Å². The van der Waals surface area contributed by atoms with Gasteiger partial charge in [-0.1, -0.05) is 288 Å². The van der Waals surface area contributed by atoms with E-state index in [9.17, 15) is 43.2 Å². The molecule has 0 saturated heterocycles. The maximum atomic E-state index is 13.1. The third kappa shape index (κ3) is 74.9. The molecule has 0 aromatic rings. The first-order valence-electron chi connectivity index (χ1n) is 39.7. The van der Waals surface area contributed by atoms with Crippen LogP contribution in [0.2, 0.25) is 0 Å². The summed E-state index contributed by atoms with van der Waals surface area (Å²) in [7, 11) is -9.99. The molecule has 5 atom stereocenters. The zero-order valence-electron chi connectivity index (χ0n) is 64.6. The van der Waals surface area contributed by atoms with Gasteiger partial charge in [-0.15, -0.1) is 0 Å². The average Bonchev–Trinajstić information content (AvgIpc) is 0.911. The van der Waals surface area contributed by atoms with Gasteiger partial charge in [0.2, 0.25) is 0 Å². The molecule has 0 heterocycles. The molecule has 0 spiro atoms. The fourth-order valence-electron chi connectivity index (χ4n) is 10.1. The lowest BCUT2D eigenvalue weighted by Crippen LogP contribution is -2.30. The molecule has 0 aliphatic rings. The Morgan fingerprint density at radius 3 is 0.817 bits per heavy atom. The van der Waals surface area contributed by atoms with Gasteiger partial charge in [0.25, 0.3) is 0 Å². The summed E-state index contributed by atoms with van der Waals surface area (Å²) in [5.74, 6) is -2.30. The molecule has 19 heteroatoms. The first-order chi connectivity index (χ1) is 50.7. The van der Waals surface area contributed by atoms with Crippen LogP contribution in [-0.4, -0.2) is 96.7 Å². The van der Waals surface area contributed by atoms with E-state index in [0.29, 0.717) is 32.1 Å². The van der Waals surface area contributed by atoms with Crippen molar-refractivity contribution in [3.63, 3.8) is 0 Å². The monoisotopic (exact) mass is 1490 g/mol. The van der Waals surface area contributed by atoms with Crippen molar-refractivity contribution in [2.24, 2.45) is 0 Å². The Kier molecular flexibility index (Phi) is 72.0. The van der Waals surface area contributed by atoms with Gasteiger partial charge in [0.15, 0.2) is 12.2 Å². The van der Waals surface area contributed by atoms with Crippen molar-refractivity contribution in [2.45, 2.75) is 316 Å². The number of ether oxygens (including phenoxy) is 4. The van der Waals surface area contributed by atoms with Gasteiger partial charge in [0.05, 0.1) is 26.4 Å². The Morgan fingerprint density at radius 2 is 0.510 bits per heavy atom. The number of unbranched alkanes of at least 4 members (excludes halogenated alkanes) is 21. The summed E-state index contributed by atoms with van der Waals surface area (Å²) < 4.78 is 68.5. The number of carbonyl (C=O) groups excluding carboxylic acids is 4. The molecule has 0 aliphatic carbocycles. The third-order valence-corrected chi connectivity index (χ3v) is 17.9. The van der Waals surface area contributed by atoms with E-state index in [2.05, 4.69) is 174 Å². The second kappa shape index (κ2) is 75.9. The quantitative estimate of drug-likeness (QED) is 0.0169. The summed E-state index contributed by atoms with van der Waals surface area (Å²) in [6.07, 6.45) is 88.0. The molecule has 0 saturated carbocycles. The van der Waals surface area contributed by atoms with Crippen LogP contribution in [0.3, 0.4) is 0 Å². The van der Waals surface area contributed by atoms with Crippen molar-refractivity contribution >= 4 is 39.5 Å². The summed E-state index contributed by atoms with van der Waals surface area (Å²) in [5.41, 5.74) is 0. The smallest absolute Gasteiger partial charge is 0.462 e. The number of rotatable bonds is 73. The fourth-order valence-corrected chi connectivity index (χ4v) is 11.6. The summed E-state index contributed by atoms with van der Waals surface area (Å²) in [6, 6.07) is 0. The summed E-state index contributed by atoms with van der Waals surface area (Å²) >= 11 is 0. The minimum Gasteiger partial charge on any atom is -0.462 e. The van der Waals surface area contributed by atoms with Crippen LogP contribution in [0, 0.1) is 0 Å². The molecule has 592 valence electrons. The molecule has 5 unspecified atom stereocenters. The fraction of sp³-hybridized carbons (Fsp3) is 0.647. The van der Waals surface area contributed by atoms with E-state index < -0.39 is 97.5 Å². The number of hydrogen-bond acceptors (Lipinski definition) is 15. The highest BCUT2D eigenvalue weighted by Gasteiger charge is 2.30. The maximum Gasteiger partial charge on any atom is 0.472 e. The third-order valence-electron chi connectivity index (χ3n) is 16.0. The summed E-state index contributed by atoms with van der Waals surface area (Å²) in [6.45, 7) is 4.41. The Bertz CT molecular complexity index is 2590. The van der Waals surface area contributed by atoms with E-state index in [0.717, 1.165) is 161 Å². The van der Waals surface area contributed by atoms with Crippen molar-refractivity contribution in [2.75, 3.05) is 39.6 Å². The van der Waals surface area contributed by atoms with Crippen molar-refractivity contribution in [1.29, 1.82) is 0 Å². The molecular formula is C85H140O17P2. The normalized spacial score (nSPS) is 14.7. The summed E-state index contributed by atoms with van der Waals surface area (Å²) in [5, 5.41) is 10.6. The van der Waals surface area contributed by atoms with E-state index in [1.165, 1.54) is 51.4 Å². The SMILES string of the molecule is CC/C=C\C/C=C\C/C=C\C/C=C\C/C=C\CCCCCC(=O)OCC(COP(=O)(O)OCC(O)COP(=O)(O)OCC(COC(=O)CCC/C=C\C/C=C\C/C=C\C/C=C\C/C=C\CC)OC(=O)CCCCCCCCCCCCCCC)OC(=O)CCCCCCC/C=C\C/C=C\C/C=C\CC. The van der Waals surface area contributed by atoms with Gasteiger partial charge in [-0.25, -0.2) is 9.13 Å². The number of phosphoric acid groups is 2. The Balaban J connectivity index is 5.45. The van der Waals surface area contributed by atoms with Crippen LogP contribution in [0.25, 0.3) is 0 Å². The molecule has 0 aromatic heterocycles. The van der Waals surface area contributed by atoms with Gasteiger partial charge < -0.3 is 33.8 Å². The number of carbonyl (C=O) groups is 4. The topological polar surface area (TPSA) is 237 Å². The minimum absolute atomic E-state index is 0.0617.